The van der Waals surface area contributed by atoms with E-state index in [0.717, 1.165) is 25.2 Å². The lowest BCUT2D eigenvalue weighted by molar-refractivity contribution is -0.133. The Morgan fingerprint density at radius 2 is 2.23 bits per heavy atom. The lowest BCUT2D eigenvalue weighted by Crippen LogP contribution is -2.52. The number of halogens is 1. The van der Waals surface area contributed by atoms with Gasteiger partial charge in [-0.3, -0.25) is 4.79 Å². The summed E-state index contributed by atoms with van der Waals surface area (Å²) in [5.74, 6) is 0.595. The quantitative estimate of drug-likeness (QED) is 0.943. The van der Waals surface area contributed by atoms with Crippen molar-refractivity contribution in [1.82, 2.24) is 15.2 Å². The van der Waals surface area contributed by atoms with Gasteiger partial charge >= 0.3 is 0 Å². The molecule has 1 amide bonds. The first-order valence-electron chi connectivity index (χ1n) is 7.34. The molecule has 1 atom stereocenters. The Bertz CT molecular complexity index is 654. The van der Waals surface area contributed by atoms with Crippen molar-refractivity contribution in [2.45, 2.75) is 19.4 Å². The number of nitrogens with zero attached hydrogens (tertiary/aromatic N) is 2. The van der Waals surface area contributed by atoms with Crippen LogP contribution in [0.25, 0.3) is 11.5 Å². The molecule has 2 heterocycles. The van der Waals surface area contributed by atoms with Crippen molar-refractivity contribution in [3.63, 3.8) is 0 Å². The highest BCUT2D eigenvalue weighted by Gasteiger charge is 2.23. The number of carbonyl (C=O) groups excluding carboxylic acids is 1. The molecule has 1 N–H and O–H groups in total. The first kappa shape index (κ1) is 15.1. The molecule has 0 unspecified atom stereocenters. The van der Waals surface area contributed by atoms with Crippen LogP contribution in [0.3, 0.4) is 0 Å². The number of benzene rings is 1. The summed E-state index contributed by atoms with van der Waals surface area (Å²) in [6, 6.07) is 7.47. The van der Waals surface area contributed by atoms with Crippen LogP contribution >= 0.6 is 11.6 Å². The molecule has 116 valence electrons. The van der Waals surface area contributed by atoms with Gasteiger partial charge in [-0.25, -0.2) is 4.98 Å². The molecule has 1 aromatic heterocycles. The zero-order valence-electron chi connectivity index (χ0n) is 12.4. The molecule has 0 bridgehead atoms. The van der Waals surface area contributed by atoms with Crippen molar-refractivity contribution < 1.29 is 9.21 Å². The third-order valence-corrected chi connectivity index (χ3v) is 4.05. The molecule has 0 spiro atoms. The molecule has 0 radical (unpaired) electrons. The summed E-state index contributed by atoms with van der Waals surface area (Å²) < 4.78 is 5.47. The van der Waals surface area contributed by atoms with Crippen LogP contribution in [-0.2, 0) is 11.2 Å². The smallest absolute Gasteiger partial charge is 0.229 e. The Morgan fingerprint density at radius 3 is 2.95 bits per heavy atom. The van der Waals surface area contributed by atoms with Gasteiger partial charge in [0.05, 0.1) is 12.1 Å². The van der Waals surface area contributed by atoms with E-state index in [9.17, 15) is 4.79 Å². The average molecular weight is 320 g/mol. The topological polar surface area (TPSA) is 58.4 Å². The predicted molar refractivity (Wildman–Crippen MR) is 84.7 cm³/mol. The Labute approximate surface area is 134 Å². The van der Waals surface area contributed by atoms with E-state index in [4.69, 9.17) is 16.0 Å². The van der Waals surface area contributed by atoms with E-state index >= 15 is 0 Å². The zero-order valence-corrected chi connectivity index (χ0v) is 13.1. The van der Waals surface area contributed by atoms with Gasteiger partial charge in [0.2, 0.25) is 11.8 Å². The fraction of sp³-hybridized carbons (Fsp3) is 0.375. The summed E-state index contributed by atoms with van der Waals surface area (Å²) in [5.41, 5.74) is 1.50. The monoisotopic (exact) mass is 319 g/mol. The standard InChI is InChI=1S/C16H18ClN3O2/c1-11-9-18-6-7-20(11)15(21)8-14-10-22-16(19-14)12-2-4-13(17)5-3-12/h2-5,10-11,18H,6-9H2,1H3/t11-/m1/s1. The number of carbonyl (C=O) groups is 1. The van der Waals surface area contributed by atoms with Gasteiger partial charge in [-0.2, -0.15) is 0 Å². The Balaban J connectivity index is 1.68. The van der Waals surface area contributed by atoms with Crippen molar-refractivity contribution in [3.8, 4) is 11.5 Å². The maximum Gasteiger partial charge on any atom is 0.229 e. The van der Waals surface area contributed by atoms with Gasteiger partial charge < -0.3 is 14.6 Å². The van der Waals surface area contributed by atoms with E-state index in [-0.39, 0.29) is 18.4 Å². The van der Waals surface area contributed by atoms with Crippen LogP contribution in [0, 0.1) is 0 Å². The van der Waals surface area contributed by atoms with E-state index in [1.165, 1.54) is 0 Å². The Morgan fingerprint density at radius 1 is 1.45 bits per heavy atom. The van der Waals surface area contributed by atoms with Crippen LogP contribution in [-0.4, -0.2) is 41.5 Å². The molecule has 0 aliphatic carbocycles. The molecule has 1 fully saturated rings. The molecule has 1 aromatic carbocycles. The second-order valence-electron chi connectivity index (χ2n) is 5.47. The summed E-state index contributed by atoms with van der Waals surface area (Å²) in [7, 11) is 0. The number of aromatic nitrogens is 1. The largest absolute Gasteiger partial charge is 0.444 e. The van der Waals surface area contributed by atoms with Gasteiger partial charge in [-0.05, 0) is 31.2 Å². The summed E-state index contributed by atoms with van der Waals surface area (Å²) in [5, 5.41) is 3.94. The number of hydrogen-bond donors (Lipinski definition) is 1. The third kappa shape index (κ3) is 3.31. The number of rotatable bonds is 3. The lowest BCUT2D eigenvalue weighted by atomic mass is 10.2. The van der Waals surface area contributed by atoms with Crippen molar-refractivity contribution in [3.05, 3.63) is 41.2 Å². The maximum atomic E-state index is 12.4. The van der Waals surface area contributed by atoms with Crippen LogP contribution in [0.5, 0.6) is 0 Å². The van der Waals surface area contributed by atoms with Crippen molar-refractivity contribution >= 4 is 17.5 Å². The number of piperazine rings is 1. The van der Waals surface area contributed by atoms with Gasteiger partial charge in [0.15, 0.2) is 0 Å². The minimum Gasteiger partial charge on any atom is -0.444 e. The lowest BCUT2D eigenvalue weighted by Gasteiger charge is -2.33. The molecular weight excluding hydrogens is 302 g/mol. The zero-order chi connectivity index (χ0) is 15.5. The predicted octanol–water partition coefficient (Wildman–Crippen LogP) is 2.36. The molecule has 22 heavy (non-hydrogen) atoms. The first-order chi connectivity index (χ1) is 10.6. The molecule has 1 aliphatic heterocycles. The third-order valence-electron chi connectivity index (χ3n) is 3.80. The second-order valence-corrected chi connectivity index (χ2v) is 5.90. The number of hydrogen-bond acceptors (Lipinski definition) is 4. The Hall–Kier alpha value is -1.85. The minimum atomic E-state index is 0.0879. The van der Waals surface area contributed by atoms with Crippen LogP contribution in [0.15, 0.2) is 34.9 Å². The molecule has 3 rings (SSSR count). The van der Waals surface area contributed by atoms with Crippen molar-refractivity contribution in [2.24, 2.45) is 0 Å². The van der Waals surface area contributed by atoms with E-state index in [0.29, 0.717) is 16.6 Å². The van der Waals surface area contributed by atoms with E-state index in [1.54, 1.807) is 18.4 Å². The van der Waals surface area contributed by atoms with Crippen molar-refractivity contribution in [2.75, 3.05) is 19.6 Å². The van der Waals surface area contributed by atoms with Crippen LogP contribution < -0.4 is 5.32 Å². The van der Waals surface area contributed by atoms with Gasteiger partial charge in [0.25, 0.3) is 0 Å². The highest BCUT2D eigenvalue weighted by molar-refractivity contribution is 6.30. The molecule has 1 saturated heterocycles. The minimum absolute atomic E-state index is 0.0879. The van der Waals surface area contributed by atoms with Gasteiger partial charge in [-0.1, -0.05) is 11.6 Å². The molecular formula is C16H18ClN3O2. The van der Waals surface area contributed by atoms with Crippen molar-refractivity contribution in [1.29, 1.82) is 0 Å². The molecule has 1 aliphatic rings. The summed E-state index contributed by atoms with van der Waals surface area (Å²) in [4.78, 5) is 18.7. The van der Waals surface area contributed by atoms with Crippen LogP contribution in [0.1, 0.15) is 12.6 Å². The summed E-state index contributed by atoms with van der Waals surface area (Å²) in [6.07, 6.45) is 1.82. The van der Waals surface area contributed by atoms with E-state index < -0.39 is 0 Å². The van der Waals surface area contributed by atoms with Crippen LogP contribution in [0.4, 0.5) is 0 Å². The number of amides is 1. The molecule has 5 nitrogen and oxygen atoms in total. The van der Waals surface area contributed by atoms with E-state index in [2.05, 4.69) is 10.3 Å². The summed E-state index contributed by atoms with van der Waals surface area (Å²) >= 11 is 5.87. The molecule has 2 aromatic rings. The summed E-state index contributed by atoms with van der Waals surface area (Å²) in [6.45, 7) is 4.46. The normalized spacial score (nSPS) is 18.5. The second kappa shape index (κ2) is 6.50. The highest BCUT2D eigenvalue weighted by Crippen LogP contribution is 2.21. The van der Waals surface area contributed by atoms with Gasteiger partial charge in [0, 0.05) is 36.3 Å². The fourth-order valence-corrected chi connectivity index (χ4v) is 2.71. The molecule has 0 saturated carbocycles. The first-order valence-corrected chi connectivity index (χ1v) is 7.72. The van der Waals surface area contributed by atoms with Gasteiger partial charge in [-0.15, -0.1) is 0 Å². The number of nitrogens with one attached hydrogen (secondary N) is 1. The molecule has 6 heteroatoms. The highest BCUT2D eigenvalue weighted by atomic mass is 35.5. The SMILES string of the molecule is C[C@@H]1CNCCN1C(=O)Cc1coc(-c2ccc(Cl)cc2)n1. The Kier molecular flexibility index (Phi) is 4.45. The van der Waals surface area contributed by atoms with Crippen LogP contribution in [0.2, 0.25) is 5.02 Å². The van der Waals surface area contributed by atoms with E-state index in [1.807, 2.05) is 24.0 Å². The average Bonchev–Trinajstić information content (AvgIpc) is 2.97. The maximum absolute atomic E-state index is 12.4. The number of oxazole rings is 1. The fourth-order valence-electron chi connectivity index (χ4n) is 2.58. The van der Waals surface area contributed by atoms with Gasteiger partial charge in [0.1, 0.15) is 6.26 Å².